The molecular weight excluding hydrogens is 260 g/mol. The van der Waals surface area contributed by atoms with E-state index in [2.05, 4.69) is 23.5 Å². The first kappa shape index (κ1) is 15.1. The van der Waals surface area contributed by atoms with Crippen molar-refractivity contribution in [3.63, 3.8) is 0 Å². The Morgan fingerprint density at radius 2 is 1.62 bits per heavy atom. The van der Waals surface area contributed by atoms with E-state index in [1.807, 2.05) is 56.3 Å². The lowest BCUT2D eigenvalue weighted by Crippen LogP contribution is -2.37. The van der Waals surface area contributed by atoms with Gasteiger partial charge in [0.05, 0.1) is 6.07 Å². The summed E-state index contributed by atoms with van der Waals surface area (Å²) in [7, 11) is 0. The van der Waals surface area contributed by atoms with Gasteiger partial charge in [0.15, 0.2) is 0 Å². The Balaban J connectivity index is 1.95. The van der Waals surface area contributed by atoms with Crippen molar-refractivity contribution in [1.82, 2.24) is 5.32 Å². The molecule has 0 bridgehead atoms. The van der Waals surface area contributed by atoms with Crippen LogP contribution in [0.15, 0.2) is 54.6 Å². The SMILES string of the molecule is CC(C)NC(C#N)COc1ccc(-c2ccccc2)cc1. The first-order chi connectivity index (χ1) is 10.2. The summed E-state index contributed by atoms with van der Waals surface area (Å²) in [5, 5.41) is 12.2. The van der Waals surface area contributed by atoms with Crippen LogP contribution in [0.2, 0.25) is 0 Å². The largest absolute Gasteiger partial charge is 0.491 e. The van der Waals surface area contributed by atoms with Gasteiger partial charge in [0, 0.05) is 6.04 Å². The summed E-state index contributed by atoms with van der Waals surface area (Å²) < 4.78 is 5.67. The topological polar surface area (TPSA) is 45.0 Å². The Morgan fingerprint density at radius 3 is 2.19 bits per heavy atom. The van der Waals surface area contributed by atoms with Crippen LogP contribution in [-0.2, 0) is 0 Å². The van der Waals surface area contributed by atoms with E-state index in [4.69, 9.17) is 10.00 Å². The van der Waals surface area contributed by atoms with Crippen LogP contribution < -0.4 is 10.1 Å². The Kier molecular flexibility index (Phi) is 5.36. The molecule has 2 rings (SSSR count). The van der Waals surface area contributed by atoms with E-state index >= 15 is 0 Å². The predicted octanol–water partition coefficient (Wildman–Crippen LogP) is 3.62. The van der Waals surface area contributed by atoms with Crippen molar-refractivity contribution >= 4 is 0 Å². The quantitative estimate of drug-likeness (QED) is 0.879. The van der Waals surface area contributed by atoms with Crippen molar-refractivity contribution in [2.75, 3.05) is 6.61 Å². The second kappa shape index (κ2) is 7.47. The normalized spacial score (nSPS) is 11.9. The fourth-order valence-corrected chi connectivity index (χ4v) is 2.08. The minimum absolute atomic E-state index is 0.263. The fourth-order valence-electron chi connectivity index (χ4n) is 2.08. The third kappa shape index (κ3) is 4.62. The summed E-state index contributed by atoms with van der Waals surface area (Å²) in [6.07, 6.45) is 0. The molecule has 1 unspecified atom stereocenters. The molecule has 3 nitrogen and oxygen atoms in total. The molecule has 0 saturated heterocycles. The number of nitrogens with one attached hydrogen (secondary N) is 1. The highest BCUT2D eigenvalue weighted by Gasteiger charge is 2.09. The standard InChI is InChI=1S/C18H20N2O/c1-14(2)20-17(12-19)13-21-18-10-8-16(9-11-18)15-6-4-3-5-7-15/h3-11,14,17,20H,13H2,1-2H3. The molecule has 0 heterocycles. The minimum atomic E-state index is -0.293. The van der Waals surface area contributed by atoms with Crippen LogP contribution in [-0.4, -0.2) is 18.7 Å². The summed E-state index contributed by atoms with van der Waals surface area (Å²) >= 11 is 0. The molecule has 2 aromatic carbocycles. The Bertz CT molecular complexity index is 585. The van der Waals surface area contributed by atoms with Crippen molar-refractivity contribution in [3.8, 4) is 22.9 Å². The number of hydrogen-bond acceptors (Lipinski definition) is 3. The van der Waals surface area contributed by atoms with Gasteiger partial charge in [-0.25, -0.2) is 0 Å². The second-order valence-corrected chi connectivity index (χ2v) is 5.20. The average molecular weight is 280 g/mol. The lowest BCUT2D eigenvalue weighted by Gasteiger charge is -2.15. The van der Waals surface area contributed by atoms with E-state index in [0.29, 0.717) is 6.61 Å². The van der Waals surface area contributed by atoms with E-state index in [-0.39, 0.29) is 12.1 Å². The van der Waals surface area contributed by atoms with E-state index in [1.165, 1.54) is 5.56 Å². The third-order valence-electron chi connectivity index (χ3n) is 3.07. The van der Waals surface area contributed by atoms with Crippen molar-refractivity contribution in [1.29, 1.82) is 5.26 Å². The Hall–Kier alpha value is -2.31. The third-order valence-corrected chi connectivity index (χ3v) is 3.07. The molecule has 0 amide bonds. The van der Waals surface area contributed by atoms with Crippen molar-refractivity contribution in [2.45, 2.75) is 25.9 Å². The molecule has 2 aromatic rings. The van der Waals surface area contributed by atoms with Gasteiger partial charge in [-0.2, -0.15) is 5.26 Å². The molecular formula is C18H20N2O. The molecule has 0 spiro atoms. The van der Waals surface area contributed by atoms with Crippen LogP contribution in [0.4, 0.5) is 0 Å². The summed E-state index contributed by atoms with van der Waals surface area (Å²) in [5.74, 6) is 0.778. The van der Waals surface area contributed by atoms with Crippen molar-refractivity contribution < 1.29 is 4.74 Å². The molecule has 0 radical (unpaired) electrons. The second-order valence-electron chi connectivity index (χ2n) is 5.20. The highest BCUT2D eigenvalue weighted by atomic mass is 16.5. The maximum atomic E-state index is 9.05. The maximum absolute atomic E-state index is 9.05. The maximum Gasteiger partial charge on any atom is 0.130 e. The molecule has 21 heavy (non-hydrogen) atoms. The molecule has 0 fully saturated rings. The molecule has 0 aliphatic carbocycles. The monoisotopic (exact) mass is 280 g/mol. The lowest BCUT2D eigenvalue weighted by molar-refractivity contribution is 0.282. The van der Waals surface area contributed by atoms with Gasteiger partial charge >= 0.3 is 0 Å². The number of ether oxygens (including phenoxy) is 1. The van der Waals surface area contributed by atoms with Gasteiger partial charge in [-0.3, -0.25) is 5.32 Å². The van der Waals surface area contributed by atoms with Crippen molar-refractivity contribution in [3.05, 3.63) is 54.6 Å². The zero-order valence-electron chi connectivity index (χ0n) is 12.4. The van der Waals surface area contributed by atoms with E-state index < -0.39 is 0 Å². The van der Waals surface area contributed by atoms with Gasteiger partial charge in [-0.05, 0) is 37.1 Å². The molecule has 0 saturated carbocycles. The van der Waals surface area contributed by atoms with Crippen LogP contribution in [0.5, 0.6) is 5.75 Å². The van der Waals surface area contributed by atoms with E-state index in [1.54, 1.807) is 0 Å². The predicted molar refractivity (Wildman–Crippen MR) is 85.0 cm³/mol. The molecule has 108 valence electrons. The Labute approximate surface area is 126 Å². The summed E-state index contributed by atoms with van der Waals surface area (Å²) in [6, 6.07) is 20.3. The zero-order valence-corrected chi connectivity index (χ0v) is 12.4. The highest BCUT2D eigenvalue weighted by molar-refractivity contribution is 5.63. The van der Waals surface area contributed by atoms with Crippen LogP contribution >= 0.6 is 0 Å². The first-order valence-electron chi connectivity index (χ1n) is 7.13. The summed E-state index contributed by atoms with van der Waals surface area (Å²) in [6.45, 7) is 4.37. The highest BCUT2D eigenvalue weighted by Crippen LogP contribution is 2.22. The molecule has 0 aromatic heterocycles. The molecule has 1 N–H and O–H groups in total. The zero-order chi connectivity index (χ0) is 15.1. The lowest BCUT2D eigenvalue weighted by atomic mass is 10.1. The summed E-state index contributed by atoms with van der Waals surface area (Å²) in [5.41, 5.74) is 2.33. The smallest absolute Gasteiger partial charge is 0.130 e. The van der Waals surface area contributed by atoms with Gasteiger partial charge in [0.1, 0.15) is 18.4 Å². The van der Waals surface area contributed by atoms with E-state index in [9.17, 15) is 0 Å². The van der Waals surface area contributed by atoms with E-state index in [0.717, 1.165) is 11.3 Å². The van der Waals surface area contributed by atoms with Crippen molar-refractivity contribution in [2.24, 2.45) is 0 Å². The Morgan fingerprint density at radius 1 is 1.00 bits per heavy atom. The van der Waals surface area contributed by atoms with Crippen LogP contribution in [0, 0.1) is 11.3 Å². The van der Waals surface area contributed by atoms with Gasteiger partial charge in [0.25, 0.3) is 0 Å². The summed E-state index contributed by atoms with van der Waals surface area (Å²) in [4.78, 5) is 0. The minimum Gasteiger partial charge on any atom is -0.491 e. The molecule has 0 aliphatic heterocycles. The number of benzene rings is 2. The average Bonchev–Trinajstić information content (AvgIpc) is 2.52. The van der Waals surface area contributed by atoms with Crippen LogP contribution in [0.3, 0.4) is 0 Å². The van der Waals surface area contributed by atoms with Gasteiger partial charge in [0.2, 0.25) is 0 Å². The first-order valence-corrected chi connectivity index (χ1v) is 7.13. The van der Waals surface area contributed by atoms with Crippen LogP contribution in [0.1, 0.15) is 13.8 Å². The molecule has 1 atom stereocenters. The fraction of sp³-hybridized carbons (Fsp3) is 0.278. The number of nitrogens with zero attached hydrogens (tertiary/aromatic N) is 1. The van der Waals surface area contributed by atoms with Gasteiger partial charge in [-0.15, -0.1) is 0 Å². The van der Waals surface area contributed by atoms with Gasteiger partial charge < -0.3 is 4.74 Å². The number of rotatable bonds is 6. The van der Waals surface area contributed by atoms with Gasteiger partial charge in [-0.1, -0.05) is 42.5 Å². The number of nitriles is 1. The molecule has 3 heteroatoms. The molecule has 0 aliphatic rings. The number of hydrogen-bond donors (Lipinski definition) is 1. The van der Waals surface area contributed by atoms with Crippen LogP contribution in [0.25, 0.3) is 11.1 Å².